The van der Waals surface area contributed by atoms with E-state index in [4.69, 9.17) is 4.74 Å². The van der Waals surface area contributed by atoms with Gasteiger partial charge in [0.2, 0.25) is 0 Å². The molecule has 2 aromatic rings. The summed E-state index contributed by atoms with van der Waals surface area (Å²) in [4.78, 5) is 16.6. The molecule has 1 heterocycles. The molecule has 3 heteroatoms. The molecule has 0 saturated heterocycles. The highest BCUT2D eigenvalue weighted by Gasteiger charge is 2.17. The topological polar surface area (TPSA) is 39.2 Å². The van der Waals surface area contributed by atoms with Gasteiger partial charge >= 0.3 is 5.97 Å². The number of aryl methyl sites for hydroxylation is 1. The van der Waals surface area contributed by atoms with Crippen LogP contribution in [-0.2, 0) is 11.2 Å². The van der Waals surface area contributed by atoms with Crippen LogP contribution in [0.2, 0.25) is 0 Å². The van der Waals surface area contributed by atoms with E-state index < -0.39 is 0 Å². The van der Waals surface area contributed by atoms with Gasteiger partial charge < -0.3 is 4.74 Å². The summed E-state index contributed by atoms with van der Waals surface area (Å²) >= 11 is 0. The molecule has 0 fully saturated rings. The van der Waals surface area contributed by atoms with Crippen molar-refractivity contribution in [1.82, 2.24) is 4.98 Å². The zero-order valence-electron chi connectivity index (χ0n) is 15.4. The highest BCUT2D eigenvalue weighted by molar-refractivity contribution is 5.87. The Bertz CT molecular complexity index is 622. The van der Waals surface area contributed by atoms with Crippen LogP contribution in [0.3, 0.4) is 0 Å². The molecule has 134 valence electrons. The molecule has 1 atom stereocenters. The average Bonchev–Trinajstić information content (AvgIpc) is 2.67. The molecule has 0 N–H and O–H groups in total. The lowest BCUT2D eigenvalue weighted by Crippen LogP contribution is -2.12. The summed E-state index contributed by atoms with van der Waals surface area (Å²) in [7, 11) is 0. The number of nitrogens with zero attached hydrogens (tertiary/aromatic N) is 1. The maximum Gasteiger partial charge on any atom is 0.357 e. The quantitative estimate of drug-likeness (QED) is 0.399. The number of rotatable bonds is 10. The number of hydrogen-bond acceptors (Lipinski definition) is 3. The van der Waals surface area contributed by atoms with Crippen molar-refractivity contribution in [3.63, 3.8) is 0 Å². The Balaban J connectivity index is 1.87. The molecule has 0 aliphatic carbocycles. The lowest BCUT2D eigenvalue weighted by molar-refractivity contribution is 0.0281. The van der Waals surface area contributed by atoms with E-state index in [1.807, 2.05) is 43.3 Å². The van der Waals surface area contributed by atoms with E-state index in [9.17, 15) is 4.79 Å². The monoisotopic (exact) mass is 339 g/mol. The lowest BCUT2D eigenvalue weighted by atomic mass is 10.1. The number of ether oxygens (including phenoxy) is 1. The van der Waals surface area contributed by atoms with Crippen LogP contribution in [-0.4, -0.2) is 11.0 Å². The molecular weight excluding hydrogens is 310 g/mol. The van der Waals surface area contributed by atoms with Gasteiger partial charge in [-0.05, 0) is 36.5 Å². The number of aromatic nitrogens is 1. The molecule has 1 unspecified atom stereocenters. The molecule has 0 amide bonds. The van der Waals surface area contributed by atoms with Crippen LogP contribution in [0, 0.1) is 0 Å². The Morgan fingerprint density at radius 2 is 1.76 bits per heavy atom. The molecule has 1 aromatic heterocycles. The first-order valence-corrected chi connectivity index (χ1v) is 9.45. The third-order valence-electron chi connectivity index (χ3n) is 4.39. The first kappa shape index (κ1) is 19.2. The molecule has 25 heavy (non-hydrogen) atoms. The smallest absolute Gasteiger partial charge is 0.357 e. The summed E-state index contributed by atoms with van der Waals surface area (Å²) in [6.45, 7) is 4.24. The van der Waals surface area contributed by atoms with Crippen LogP contribution in [0.1, 0.15) is 80.1 Å². The zero-order chi connectivity index (χ0) is 17.9. The van der Waals surface area contributed by atoms with E-state index >= 15 is 0 Å². The summed E-state index contributed by atoms with van der Waals surface area (Å²) < 4.78 is 5.64. The number of benzene rings is 1. The van der Waals surface area contributed by atoms with Crippen LogP contribution < -0.4 is 0 Å². The minimum absolute atomic E-state index is 0.228. The Kier molecular flexibility index (Phi) is 8.17. The van der Waals surface area contributed by atoms with Crippen molar-refractivity contribution in [2.45, 2.75) is 64.9 Å². The van der Waals surface area contributed by atoms with Crippen LogP contribution in [0.25, 0.3) is 0 Å². The number of carbonyl (C=O) groups excluding carboxylic acids is 1. The van der Waals surface area contributed by atoms with E-state index in [2.05, 4.69) is 11.9 Å². The van der Waals surface area contributed by atoms with Gasteiger partial charge in [0.05, 0.1) is 0 Å². The highest BCUT2D eigenvalue weighted by Crippen LogP contribution is 2.22. The molecule has 1 aromatic carbocycles. The fourth-order valence-corrected chi connectivity index (χ4v) is 2.87. The molecule has 0 radical (unpaired) electrons. The Morgan fingerprint density at radius 1 is 1.00 bits per heavy atom. The molecule has 0 spiro atoms. The van der Waals surface area contributed by atoms with Gasteiger partial charge in [-0.2, -0.15) is 0 Å². The summed E-state index contributed by atoms with van der Waals surface area (Å²) in [6, 6.07) is 13.6. The number of pyridine rings is 1. The van der Waals surface area contributed by atoms with Crippen LogP contribution in [0.4, 0.5) is 0 Å². The molecule has 0 bridgehead atoms. The second kappa shape index (κ2) is 10.7. The fourth-order valence-electron chi connectivity index (χ4n) is 2.87. The summed E-state index contributed by atoms with van der Waals surface area (Å²) in [6.07, 6.45) is 9.65. The lowest BCUT2D eigenvalue weighted by Gasteiger charge is -2.16. The van der Waals surface area contributed by atoms with Gasteiger partial charge in [0.15, 0.2) is 0 Å². The van der Waals surface area contributed by atoms with E-state index in [1.54, 1.807) is 12.3 Å². The van der Waals surface area contributed by atoms with E-state index in [1.165, 1.54) is 37.7 Å². The van der Waals surface area contributed by atoms with E-state index in [0.717, 1.165) is 18.4 Å². The maximum absolute atomic E-state index is 12.3. The zero-order valence-corrected chi connectivity index (χ0v) is 15.4. The third kappa shape index (κ3) is 6.33. The van der Waals surface area contributed by atoms with Crippen molar-refractivity contribution in [2.75, 3.05) is 0 Å². The third-order valence-corrected chi connectivity index (χ3v) is 4.39. The summed E-state index contributed by atoms with van der Waals surface area (Å²) in [5.74, 6) is -0.356. The van der Waals surface area contributed by atoms with Gasteiger partial charge in [-0.15, -0.1) is 0 Å². The Hall–Kier alpha value is -2.16. The number of unbranched alkanes of at least 4 members (excludes halogenated alkanes) is 4. The molecular formula is C22H29NO2. The minimum Gasteiger partial charge on any atom is -0.453 e. The minimum atomic E-state index is -0.356. The van der Waals surface area contributed by atoms with Crippen molar-refractivity contribution in [3.8, 4) is 0 Å². The first-order valence-electron chi connectivity index (χ1n) is 9.45. The SMILES string of the molecule is CCCCCCCc1ccc(C(=O)OC(CC)c2ccccc2)nc1. The van der Waals surface area contributed by atoms with Gasteiger partial charge in [-0.3, -0.25) is 0 Å². The number of esters is 1. The van der Waals surface area contributed by atoms with Crippen molar-refractivity contribution in [3.05, 3.63) is 65.5 Å². The average molecular weight is 339 g/mol. The van der Waals surface area contributed by atoms with Crippen molar-refractivity contribution in [1.29, 1.82) is 0 Å². The summed E-state index contributed by atoms with van der Waals surface area (Å²) in [5, 5.41) is 0. The van der Waals surface area contributed by atoms with Crippen molar-refractivity contribution in [2.24, 2.45) is 0 Å². The van der Waals surface area contributed by atoms with Gasteiger partial charge in [0, 0.05) is 6.20 Å². The van der Waals surface area contributed by atoms with Gasteiger partial charge in [0.1, 0.15) is 11.8 Å². The standard InChI is InChI=1S/C22H29NO2/c1-3-5-6-7-9-12-18-15-16-20(23-17-18)22(24)25-21(4-2)19-13-10-8-11-14-19/h8,10-11,13-17,21H,3-7,9,12H2,1-2H3. The number of hydrogen-bond donors (Lipinski definition) is 0. The largest absolute Gasteiger partial charge is 0.453 e. The molecule has 0 aliphatic heterocycles. The normalized spacial score (nSPS) is 11.9. The fraction of sp³-hybridized carbons (Fsp3) is 0.455. The van der Waals surface area contributed by atoms with Crippen molar-refractivity contribution < 1.29 is 9.53 Å². The van der Waals surface area contributed by atoms with E-state index in [0.29, 0.717) is 5.69 Å². The van der Waals surface area contributed by atoms with E-state index in [-0.39, 0.29) is 12.1 Å². The maximum atomic E-state index is 12.3. The predicted octanol–water partition coefficient (Wildman–Crippen LogP) is 5.90. The first-order chi connectivity index (χ1) is 12.2. The highest BCUT2D eigenvalue weighted by atomic mass is 16.5. The molecule has 3 nitrogen and oxygen atoms in total. The van der Waals surface area contributed by atoms with Crippen molar-refractivity contribution >= 4 is 5.97 Å². The second-order valence-corrected chi connectivity index (χ2v) is 6.43. The van der Waals surface area contributed by atoms with Gasteiger partial charge in [0.25, 0.3) is 0 Å². The summed E-state index contributed by atoms with van der Waals surface area (Å²) in [5.41, 5.74) is 2.58. The second-order valence-electron chi connectivity index (χ2n) is 6.43. The predicted molar refractivity (Wildman–Crippen MR) is 102 cm³/mol. The van der Waals surface area contributed by atoms with Gasteiger partial charge in [-0.25, -0.2) is 9.78 Å². The molecule has 0 aliphatic rings. The van der Waals surface area contributed by atoms with Crippen LogP contribution >= 0.6 is 0 Å². The molecule has 0 saturated carbocycles. The Morgan fingerprint density at radius 3 is 2.40 bits per heavy atom. The molecule has 2 rings (SSSR count). The number of carbonyl (C=O) groups is 1. The van der Waals surface area contributed by atoms with Gasteiger partial charge in [-0.1, -0.05) is 75.9 Å². The van der Waals surface area contributed by atoms with Crippen LogP contribution in [0.15, 0.2) is 48.7 Å². The Labute approximate surface area is 151 Å². The van der Waals surface area contributed by atoms with Crippen LogP contribution in [0.5, 0.6) is 0 Å².